The van der Waals surface area contributed by atoms with Gasteiger partial charge in [-0.15, -0.1) is 0 Å². The molecule has 4 heteroatoms. The summed E-state index contributed by atoms with van der Waals surface area (Å²) in [5, 5.41) is 0. The predicted molar refractivity (Wildman–Crippen MR) is 34.2 cm³/mol. The van der Waals surface area contributed by atoms with Gasteiger partial charge in [0.2, 0.25) is 0 Å². The average Bonchev–Trinajstić information content (AvgIpc) is 1.66. The summed E-state index contributed by atoms with van der Waals surface area (Å²) >= 11 is 0. The van der Waals surface area contributed by atoms with E-state index in [0.29, 0.717) is 6.16 Å². The maximum atomic E-state index is 10.0. The molecule has 0 fully saturated rings. The van der Waals surface area contributed by atoms with Crippen LogP contribution >= 0.6 is 8.03 Å². The normalized spacial score (nSPS) is 10.2. The number of hydrogen-bond donors (Lipinski definition) is 1. The van der Waals surface area contributed by atoms with Gasteiger partial charge in [0.25, 0.3) is 0 Å². The largest absolute Gasteiger partial charge is 0.505 e. The zero-order chi connectivity index (χ0) is 6.41. The molecule has 0 rings (SSSR count). The van der Waals surface area contributed by atoms with E-state index in [9.17, 15) is 4.57 Å². The summed E-state index contributed by atoms with van der Waals surface area (Å²) in [4.78, 5) is 8.29. The van der Waals surface area contributed by atoms with Crippen LogP contribution in [-0.2, 0) is 25.6 Å². The van der Waals surface area contributed by atoms with Crippen molar-refractivity contribution in [3.8, 4) is 0 Å². The van der Waals surface area contributed by atoms with Gasteiger partial charge < -0.3 is 0 Å². The molecular weight excluding hydrogens is 219 g/mol. The van der Waals surface area contributed by atoms with Gasteiger partial charge in [0.15, 0.2) is 6.16 Å². The predicted octanol–water partition coefficient (Wildman–Crippen LogP) is 1.91. The molecular formula is C5H12MoO2P+. The van der Waals surface area contributed by atoms with E-state index < -0.39 is 8.03 Å². The summed E-state index contributed by atoms with van der Waals surface area (Å²) < 4.78 is 10.0. The molecule has 0 aliphatic carbocycles. The summed E-state index contributed by atoms with van der Waals surface area (Å²) in [5.41, 5.74) is 0. The molecule has 1 atom stereocenters. The van der Waals surface area contributed by atoms with Gasteiger partial charge in [-0.1, -0.05) is 13.3 Å². The Morgan fingerprint density at radius 3 is 2.33 bits per heavy atom. The fourth-order valence-electron chi connectivity index (χ4n) is 0.497. The molecule has 0 spiro atoms. The second kappa shape index (κ2) is 8.75. The van der Waals surface area contributed by atoms with Crippen molar-refractivity contribution < 1.29 is 30.5 Å². The van der Waals surface area contributed by atoms with Crippen molar-refractivity contribution in [1.82, 2.24) is 0 Å². The zero-order valence-electron chi connectivity index (χ0n) is 5.54. The first kappa shape index (κ1) is 12.4. The first-order valence-electron chi connectivity index (χ1n) is 2.91. The molecule has 0 aromatic carbocycles. The van der Waals surface area contributed by atoms with Crippen molar-refractivity contribution in [3.05, 3.63) is 0 Å². The van der Waals surface area contributed by atoms with E-state index in [1.54, 1.807) is 0 Å². The Kier molecular flexibility index (Phi) is 12.1. The molecule has 1 N–H and O–H groups in total. The van der Waals surface area contributed by atoms with Gasteiger partial charge in [-0.2, -0.15) is 4.89 Å². The molecule has 0 heterocycles. The van der Waals surface area contributed by atoms with Gasteiger partial charge in [-0.3, -0.25) is 0 Å². The van der Waals surface area contributed by atoms with E-state index in [1.807, 2.05) is 0 Å². The van der Waals surface area contributed by atoms with Crippen molar-refractivity contribution in [3.63, 3.8) is 0 Å². The van der Waals surface area contributed by atoms with Crippen molar-refractivity contribution in [2.24, 2.45) is 0 Å². The summed E-state index contributed by atoms with van der Waals surface area (Å²) in [7, 11) is -1.86. The molecule has 0 aromatic heterocycles. The maximum Gasteiger partial charge on any atom is 0.505 e. The second-order valence-corrected chi connectivity index (χ2v) is 2.93. The first-order chi connectivity index (χ1) is 3.77. The molecule has 0 aromatic rings. The van der Waals surface area contributed by atoms with Gasteiger partial charge >= 0.3 is 8.03 Å². The van der Waals surface area contributed by atoms with Gasteiger partial charge in [0.05, 0.1) is 0 Å². The Morgan fingerprint density at radius 2 is 2.00 bits per heavy atom. The van der Waals surface area contributed by atoms with Crippen LogP contribution in [0.15, 0.2) is 0 Å². The monoisotopic (exact) mass is 233 g/mol. The molecule has 2 nitrogen and oxygen atoms in total. The summed E-state index contributed by atoms with van der Waals surface area (Å²) in [6.07, 6.45) is 3.55. The quantitative estimate of drug-likeness (QED) is 0.455. The zero-order valence-corrected chi connectivity index (χ0v) is 8.44. The fraction of sp³-hybridized carbons (Fsp3) is 1.00. The third-order valence-corrected chi connectivity index (χ3v) is 1.65. The molecule has 0 aliphatic rings. The van der Waals surface area contributed by atoms with Crippen LogP contribution in [0, 0.1) is 0 Å². The number of hydrogen-bond acceptors (Lipinski definition) is 1. The standard InChI is InChI=1S/C5H11O2P.Mo/c1-2-3-4-5-8(6)7;/h2-5H2,1H3;/p+1. The number of unbranched alkanes of at least 4 members (excludes halogenated alkanes) is 2. The Hall–Kier alpha value is 0.748. The van der Waals surface area contributed by atoms with E-state index in [0.717, 1.165) is 19.3 Å². The molecule has 54 valence electrons. The second-order valence-electron chi connectivity index (χ2n) is 1.78. The van der Waals surface area contributed by atoms with Gasteiger partial charge in [-0.05, 0) is 17.4 Å². The van der Waals surface area contributed by atoms with Gasteiger partial charge in [0.1, 0.15) is 0 Å². The molecule has 0 bridgehead atoms. The molecule has 0 saturated carbocycles. The molecule has 0 radical (unpaired) electrons. The minimum atomic E-state index is -1.86. The number of rotatable bonds is 4. The molecule has 9 heavy (non-hydrogen) atoms. The smallest absolute Gasteiger partial charge is 0.161 e. The van der Waals surface area contributed by atoms with Crippen LogP contribution in [0.3, 0.4) is 0 Å². The molecule has 0 saturated heterocycles. The van der Waals surface area contributed by atoms with Crippen LogP contribution in [0.5, 0.6) is 0 Å². The van der Waals surface area contributed by atoms with Crippen molar-refractivity contribution in [2.45, 2.75) is 26.2 Å². The third-order valence-electron chi connectivity index (χ3n) is 0.953. The fourth-order valence-corrected chi connectivity index (χ4v) is 0.991. The Labute approximate surface area is 71.2 Å². The van der Waals surface area contributed by atoms with Crippen LogP contribution in [0.25, 0.3) is 0 Å². The topological polar surface area (TPSA) is 37.3 Å². The van der Waals surface area contributed by atoms with Crippen molar-refractivity contribution in [2.75, 3.05) is 6.16 Å². The van der Waals surface area contributed by atoms with E-state index >= 15 is 0 Å². The van der Waals surface area contributed by atoms with Crippen LogP contribution < -0.4 is 0 Å². The summed E-state index contributed by atoms with van der Waals surface area (Å²) in [5.74, 6) is 0. The van der Waals surface area contributed by atoms with E-state index in [-0.39, 0.29) is 21.1 Å². The van der Waals surface area contributed by atoms with Gasteiger partial charge in [0, 0.05) is 21.1 Å². The summed E-state index contributed by atoms with van der Waals surface area (Å²) in [6.45, 7) is 2.07. The van der Waals surface area contributed by atoms with E-state index in [4.69, 9.17) is 4.89 Å². The third kappa shape index (κ3) is 12.1. The molecule has 0 amide bonds. The molecule has 0 aliphatic heterocycles. The van der Waals surface area contributed by atoms with Crippen LogP contribution in [-0.4, -0.2) is 11.1 Å². The maximum absolute atomic E-state index is 10.0. The Bertz CT molecular complexity index is 77.4. The van der Waals surface area contributed by atoms with E-state index in [1.165, 1.54) is 0 Å². The minimum Gasteiger partial charge on any atom is -0.161 e. The minimum absolute atomic E-state index is 0. The van der Waals surface area contributed by atoms with Crippen LogP contribution in [0.1, 0.15) is 26.2 Å². The van der Waals surface area contributed by atoms with Crippen LogP contribution in [0.2, 0.25) is 0 Å². The van der Waals surface area contributed by atoms with E-state index in [2.05, 4.69) is 6.92 Å². The summed E-state index contributed by atoms with van der Waals surface area (Å²) in [6, 6.07) is 0. The van der Waals surface area contributed by atoms with Crippen LogP contribution in [0.4, 0.5) is 0 Å². The first-order valence-corrected chi connectivity index (χ1v) is 4.30. The Morgan fingerprint density at radius 1 is 1.44 bits per heavy atom. The van der Waals surface area contributed by atoms with Crippen molar-refractivity contribution >= 4 is 8.03 Å². The average molecular weight is 231 g/mol. The van der Waals surface area contributed by atoms with Crippen molar-refractivity contribution in [1.29, 1.82) is 0 Å². The molecule has 1 unspecified atom stereocenters. The van der Waals surface area contributed by atoms with Gasteiger partial charge in [-0.25, -0.2) is 0 Å². The Balaban J connectivity index is 0. The SMILES string of the molecule is CCCCC[P+](=O)O.[Mo].